The quantitative estimate of drug-likeness (QED) is 0.111. The number of hydrogen-bond acceptors (Lipinski definition) is 33. The second-order valence-corrected chi connectivity index (χ2v) is 34.3. The summed E-state index contributed by atoms with van der Waals surface area (Å²) in [6, 6.07) is 14.8. The lowest BCUT2D eigenvalue weighted by atomic mass is 9.64. The first kappa shape index (κ1) is 108. The van der Waals surface area contributed by atoms with Gasteiger partial charge in [0.2, 0.25) is 0 Å². The average Bonchev–Trinajstić information content (AvgIpc) is 1.57. The highest BCUT2D eigenvalue weighted by Crippen LogP contribution is 2.59. The lowest BCUT2D eigenvalue weighted by Crippen LogP contribution is -2.49. The number of esters is 16. The van der Waals surface area contributed by atoms with Crippen LogP contribution in [0.4, 0.5) is 0 Å². The Morgan fingerprint density at radius 1 is 0.362 bits per heavy atom. The molecule has 2 aromatic carbocycles. The Bertz CT molecular complexity index is 5210. The minimum absolute atomic E-state index is 0.0419. The van der Waals surface area contributed by atoms with Gasteiger partial charge < -0.3 is 81.1 Å². The largest absolute Gasteiger partial charge is 0.432 e. The number of benzene rings is 2. The van der Waals surface area contributed by atoms with E-state index in [2.05, 4.69) is 153 Å². The van der Waals surface area contributed by atoms with Gasteiger partial charge in [-0.2, -0.15) is 0 Å². The average molecular weight is 1900 g/mol. The number of rotatable bonds is 0. The molecule has 1 N–H and O–H groups in total. The van der Waals surface area contributed by atoms with Crippen LogP contribution in [0.1, 0.15) is 183 Å². The molecule has 0 spiro atoms. The monoisotopic (exact) mass is 1900 g/mol. The molecule has 0 amide bonds. The number of carbonyl (C=O) groups is 16. The third kappa shape index (κ3) is 31.8. The minimum atomic E-state index is -0.453. The van der Waals surface area contributed by atoms with Crippen LogP contribution < -0.4 is 5.32 Å². The van der Waals surface area contributed by atoms with Gasteiger partial charge in [-0.05, 0) is 125 Å². The first-order chi connectivity index (χ1) is 65.2. The maximum absolute atomic E-state index is 11.6. The molecular formula is C105H115NO32. The van der Waals surface area contributed by atoms with Gasteiger partial charge in [0.1, 0.15) is 88.1 Å². The summed E-state index contributed by atoms with van der Waals surface area (Å²) >= 11 is 0. The van der Waals surface area contributed by atoms with Gasteiger partial charge in [-0.15, -0.1) is 0 Å². The van der Waals surface area contributed by atoms with Gasteiger partial charge in [-0.1, -0.05) is 186 Å². The Morgan fingerprint density at radius 3 is 1.30 bits per heavy atom. The Kier molecular flexibility index (Phi) is 39.7. The van der Waals surface area contributed by atoms with Crippen molar-refractivity contribution in [1.29, 1.82) is 0 Å². The zero-order valence-corrected chi connectivity index (χ0v) is 78.0. The highest BCUT2D eigenvalue weighted by atomic mass is 16.6. The zero-order chi connectivity index (χ0) is 102. The van der Waals surface area contributed by atoms with Crippen LogP contribution in [-0.4, -0.2) is 115 Å². The second kappa shape index (κ2) is 50.5. The molecular weight excluding hydrogens is 1790 g/mol. The van der Waals surface area contributed by atoms with Crippen molar-refractivity contribution >= 4 is 107 Å². The SMILES string of the molecule is C=C1C=C(C)C(=O)O1.C=C1C=CC(=O)O1.C=C1C=CCC(=O)O1.C=C1CC(=O)OC1=C.C=C1CCC(=O)O1.C=C1CCCC(=O)O1.C=C1COCC(=O)O1.C=C1NCCC(=O)O1.C=C1OC(=O)C2CC12.C=C1OC(=O)C2CC=CCC12.C=C1OC(=O)C2CCCC12.C=C1OC(=O)C2CCCCC12.C=C1OC(=O)Cc2ccccc21.C=C1OC(=O)c2ccccc21.CC12CCC(C(=O)OC1=O)C2(C)C. The van der Waals surface area contributed by atoms with E-state index in [1.807, 2.05) is 63.2 Å². The molecule has 20 aliphatic rings. The zero-order valence-electron chi connectivity index (χ0n) is 78.0. The Morgan fingerprint density at radius 2 is 0.884 bits per heavy atom. The van der Waals surface area contributed by atoms with Crippen LogP contribution in [0.2, 0.25) is 0 Å². The summed E-state index contributed by atoms with van der Waals surface area (Å²) in [6.07, 6.45) is 29.0. The van der Waals surface area contributed by atoms with Crippen LogP contribution in [0.5, 0.6) is 0 Å². The molecule has 0 aromatic heterocycles. The number of ether oxygens (including phenoxy) is 16. The summed E-state index contributed by atoms with van der Waals surface area (Å²) < 4.78 is 74.9. The third-order valence-corrected chi connectivity index (χ3v) is 24.0. The number of hydrogen-bond donors (Lipinski definition) is 1. The fourth-order valence-electron chi connectivity index (χ4n) is 15.9. The van der Waals surface area contributed by atoms with E-state index < -0.39 is 5.41 Å². The van der Waals surface area contributed by atoms with Gasteiger partial charge >= 0.3 is 95.5 Å². The molecule has 15 aliphatic heterocycles. The van der Waals surface area contributed by atoms with Crippen LogP contribution in [0.25, 0.3) is 11.5 Å². The van der Waals surface area contributed by atoms with E-state index in [0.717, 1.165) is 93.7 Å². The van der Waals surface area contributed by atoms with Gasteiger partial charge in [0.05, 0.1) is 72.7 Å². The molecule has 4 saturated carbocycles. The van der Waals surface area contributed by atoms with Crippen molar-refractivity contribution in [2.75, 3.05) is 19.8 Å². The second-order valence-electron chi connectivity index (χ2n) is 34.3. The molecule has 33 heteroatoms. The van der Waals surface area contributed by atoms with Gasteiger partial charge in [0.25, 0.3) is 0 Å². The van der Waals surface area contributed by atoms with Gasteiger partial charge in [0.15, 0.2) is 5.88 Å². The first-order valence-corrected chi connectivity index (χ1v) is 44.4. The fourth-order valence-corrected chi connectivity index (χ4v) is 15.9. The van der Waals surface area contributed by atoms with Crippen molar-refractivity contribution in [3.63, 3.8) is 0 Å². The summed E-state index contributed by atoms with van der Waals surface area (Å²) in [4.78, 5) is 171. The van der Waals surface area contributed by atoms with Crippen molar-refractivity contribution in [2.45, 2.75) is 163 Å². The molecule has 732 valence electrons. The van der Waals surface area contributed by atoms with Crippen LogP contribution in [0.3, 0.4) is 0 Å². The Labute approximate surface area is 799 Å². The Hall–Kier alpha value is -15.0. The lowest BCUT2D eigenvalue weighted by Gasteiger charge is -2.41. The Balaban J connectivity index is 0.000000182. The van der Waals surface area contributed by atoms with Gasteiger partial charge in [0, 0.05) is 72.3 Å². The maximum atomic E-state index is 11.6. The molecule has 15 heterocycles. The highest BCUT2D eigenvalue weighted by Gasteiger charge is 2.63. The van der Waals surface area contributed by atoms with Crippen LogP contribution in [0, 0.1) is 64.1 Å². The van der Waals surface area contributed by atoms with E-state index in [4.69, 9.17) is 33.2 Å². The van der Waals surface area contributed by atoms with Crippen LogP contribution >= 0.6 is 0 Å². The van der Waals surface area contributed by atoms with Crippen molar-refractivity contribution in [3.8, 4) is 0 Å². The van der Waals surface area contributed by atoms with E-state index in [0.29, 0.717) is 173 Å². The summed E-state index contributed by atoms with van der Waals surface area (Å²) in [7, 11) is 0. The molecule has 2 aromatic rings. The van der Waals surface area contributed by atoms with Crippen LogP contribution in [0.15, 0.2) is 270 Å². The van der Waals surface area contributed by atoms with E-state index >= 15 is 0 Å². The van der Waals surface area contributed by atoms with Crippen molar-refractivity contribution < 1.29 is 153 Å². The normalized spacial score (nSPS) is 26.0. The predicted octanol–water partition coefficient (Wildman–Crippen LogP) is 16.5. The molecule has 14 fully saturated rings. The third-order valence-electron chi connectivity index (χ3n) is 24.0. The topological polar surface area (TPSA) is 433 Å². The number of cyclic esters (lactones) is 16. The molecule has 10 atom stereocenters. The molecule has 10 saturated heterocycles. The van der Waals surface area contributed by atoms with E-state index in [9.17, 15) is 76.7 Å². The molecule has 22 rings (SSSR count). The summed E-state index contributed by atoms with van der Waals surface area (Å²) in [5.74, 6) is 5.78. The predicted molar refractivity (Wildman–Crippen MR) is 495 cm³/mol. The van der Waals surface area contributed by atoms with Gasteiger partial charge in [-0.3, -0.25) is 57.5 Å². The van der Waals surface area contributed by atoms with Crippen molar-refractivity contribution in [1.82, 2.24) is 5.32 Å². The van der Waals surface area contributed by atoms with Crippen molar-refractivity contribution in [2.24, 2.45) is 64.1 Å². The molecule has 10 unspecified atom stereocenters. The molecule has 33 nitrogen and oxygen atoms in total. The first-order valence-electron chi connectivity index (χ1n) is 44.4. The van der Waals surface area contributed by atoms with E-state index in [-0.39, 0.29) is 143 Å². The number of allylic oxidation sites excluding steroid dienone is 12. The summed E-state index contributed by atoms with van der Waals surface area (Å²) in [5.41, 5.74) is 3.97. The van der Waals surface area contributed by atoms with E-state index in [1.165, 1.54) is 25.0 Å². The lowest BCUT2D eigenvalue weighted by molar-refractivity contribution is -0.185. The van der Waals surface area contributed by atoms with Gasteiger partial charge in [-0.25, -0.2) is 19.2 Å². The maximum Gasteiger partial charge on any atom is 0.344 e. The number of carbonyl (C=O) groups excluding carboxylic acids is 16. The van der Waals surface area contributed by atoms with Crippen molar-refractivity contribution in [3.05, 3.63) is 292 Å². The molecule has 2 bridgehead atoms. The standard InChI is InChI=1S/C10H14O3.C10H8O2.C9H12O2.C9H10O2.C9H6O2.C8H10O2.3C6H6O2.C6H8O2.C6H6O2.C5H7NO2.C5H6O3.C5H6O2.C5H4O2/c1-9(2)6-4-5-10(9,3)8(12)13-7(6)11;1-7-9-5-3-2-4-8(9)6-10(11)12-7;3*1-6-7-4-2-3-5-8(7)9(10)11-6;1-5-6-3-2-4-7(6)8(9)10-5;1-3-4-2-5(4)6(7)8-3;1-4-3-6(7)8-5(4)2;1-4-3-5(2)8-6(4)7;2*1-5-3-2-4-6(7)8-5;1-4-6-3-2-5(7)8-4;1-4-2-7-3-5(6)8-4;2*1-4-2-3-5(6)7-4/h6H,4-5H2,1-3H3;2-5H,1,6H2;7-8H,1-5H2;2-3,7-8H,1,4-5H2;2-5H,1H2;6-7H,1-4H2;4-5H,1-2H2;1-3H2;3H,2H2,1H3;1-4H2;2-3H,1,4H2;6H,1-3H2;1-3H2;1-3H2;2-3H,1H2. The number of fused-ring (bicyclic) bond motifs is 8. The van der Waals surface area contributed by atoms with Crippen LogP contribution in [-0.2, 0) is 154 Å². The molecule has 138 heavy (non-hydrogen) atoms. The summed E-state index contributed by atoms with van der Waals surface area (Å²) in [6.45, 7) is 61.7. The summed E-state index contributed by atoms with van der Waals surface area (Å²) in [5, 5.41) is 2.77. The number of nitrogens with one attached hydrogen (secondary N) is 1. The smallest absolute Gasteiger partial charge is 0.344 e. The molecule has 5 aliphatic carbocycles. The highest BCUT2D eigenvalue weighted by molar-refractivity contribution is 6.02. The fraction of sp³-hybridized carbons (Fsp3) is 0.371. The minimum Gasteiger partial charge on any atom is -0.432 e. The van der Waals surface area contributed by atoms with E-state index in [1.54, 1.807) is 37.3 Å². The molecule has 0 radical (unpaired) electrons.